The van der Waals surface area contributed by atoms with Gasteiger partial charge in [0, 0.05) is 24.2 Å². The molecule has 8 heteroatoms. The Morgan fingerprint density at radius 2 is 2.25 bits per heavy atom. The molecule has 1 aliphatic heterocycles. The normalized spacial score (nSPS) is 15.5. The number of thiazole rings is 1. The fourth-order valence-corrected chi connectivity index (χ4v) is 4.26. The fourth-order valence-electron chi connectivity index (χ4n) is 2.89. The Morgan fingerprint density at radius 1 is 1.46 bits per heavy atom. The third-order valence-corrected chi connectivity index (χ3v) is 6.02. The molecule has 3 rings (SSSR count). The molecule has 0 spiro atoms. The molecule has 0 aliphatic carbocycles. The van der Waals surface area contributed by atoms with Gasteiger partial charge >= 0.3 is 0 Å². The van der Waals surface area contributed by atoms with Crippen LogP contribution in [0.1, 0.15) is 36.2 Å². The van der Waals surface area contributed by atoms with Crippen molar-refractivity contribution in [3.05, 3.63) is 39.8 Å². The molecular formula is C16H21N3O3S2. The largest absolute Gasteiger partial charge is 0.372 e. The first-order valence-electron chi connectivity index (χ1n) is 7.85. The number of anilines is 1. The van der Waals surface area contributed by atoms with Crippen molar-refractivity contribution < 1.29 is 13.2 Å². The highest BCUT2D eigenvalue weighted by Crippen LogP contribution is 2.31. The number of ether oxygens (including phenoxy) is 1. The van der Waals surface area contributed by atoms with Crippen LogP contribution in [0, 0.1) is 0 Å². The lowest BCUT2D eigenvalue weighted by Gasteiger charge is -2.18. The second-order valence-corrected chi connectivity index (χ2v) is 8.23. The van der Waals surface area contributed by atoms with Gasteiger partial charge in [-0.1, -0.05) is 0 Å². The molecule has 0 saturated carbocycles. The third kappa shape index (κ3) is 3.61. The summed E-state index contributed by atoms with van der Waals surface area (Å²) in [6.45, 7) is 6.20. The van der Waals surface area contributed by atoms with Crippen LogP contribution >= 0.6 is 11.3 Å². The highest BCUT2D eigenvalue weighted by molar-refractivity contribution is 7.89. The van der Waals surface area contributed by atoms with Crippen molar-refractivity contribution in [1.29, 1.82) is 0 Å². The van der Waals surface area contributed by atoms with Crippen LogP contribution in [0.5, 0.6) is 0 Å². The fraction of sp³-hybridized carbons (Fsp3) is 0.438. The number of fused-ring (bicyclic) bond motifs is 1. The van der Waals surface area contributed by atoms with E-state index in [1.807, 2.05) is 19.9 Å². The van der Waals surface area contributed by atoms with Crippen molar-refractivity contribution in [3.63, 3.8) is 0 Å². The molecule has 0 radical (unpaired) electrons. The van der Waals surface area contributed by atoms with Crippen molar-refractivity contribution in [2.75, 3.05) is 18.1 Å². The summed E-state index contributed by atoms with van der Waals surface area (Å²) in [5, 5.41) is 8.24. The first-order valence-corrected chi connectivity index (χ1v) is 10.3. The highest BCUT2D eigenvalue weighted by atomic mass is 32.2. The summed E-state index contributed by atoms with van der Waals surface area (Å²) >= 11 is 1.61. The Kier molecular flexibility index (Phi) is 4.91. The minimum Gasteiger partial charge on any atom is -0.372 e. The number of sulfonamides is 1. The standard InChI is InChI=1S/C16H21N3O3S2/c1-3-22-11(2)16-18-13(10-23-16)9-19-7-6-12-8-14(24(17,20)21)4-5-15(12)19/h4-5,8,10-11H,3,6-7,9H2,1-2H3,(H2,17,20,21). The number of primary sulfonamides is 1. The molecule has 1 aromatic carbocycles. The lowest BCUT2D eigenvalue weighted by molar-refractivity contribution is 0.0761. The van der Waals surface area contributed by atoms with E-state index in [9.17, 15) is 8.42 Å². The molecule has 1 atom stereocenters. The summed E-state index contributed by atoms with van der Waals surface area (Å²) in [7, 11) is -3.66. The molecule has 0 amide bonds. The number of hydrogen-bond acceptors (Lipinski definition) is 6. The van der Waals surface area contributed by atoms with Gasteiger partial charge in [-0.05, 0) is 44.0 Å². The van der Waals surface area contributed by atoms with Crippen molar-refractivity contribution in [2.45, 2.75) is 37.8 Å². The van der Waals surface area contributed by atoms with Crippen molar-refractivity contribution in [3.8, 4) is 0 Å². The summed E-state index contributed by atoms with van der Waals surface area (Å²) in [5.74, 6) is 0. The Hall–Kier alpha value is -1.48. The first kappa shape index (κ1) is 17.3. The van der Waals surface area contributed by atoms with Crippen LogP contribution in [-0.2, 0) is 27.7 Å². The molecule has 2 N–H and O–H groups in total. The molecule has 1 unspecified atom stereocenters. The predicted octanol–water partition coefficient (Wildman–Crippen LogP) is 2.45. The summed E-state index contributed by atoms with van der Waals surface area (Å²) in [4.78, 5) is 7.04. The van der Waals surface area contributed by atoms with Gasteiger partial charge in [-0.2, -0.15) is 0 Å². The van der Waals surface area contributed by atoms with Crippen molar-refractivity contribution >= 4 is 27.0 Å². The molecule has 1 aliphatic rings. The SMILES string of the molecule is CCOC(C)c1nc(CN2CCc3cc(S(N)(=O)=O)ccc32)cs1. The molecule has 0 fully saturated rings. The number of nitrogens with zero attached hydrogens (tertiary/aromatic N) is 2. The first-order chi connectivity index (χ1) is 11.4. The van der Waals surface area contributed by atoms with E-state index in [2.05, 4.69) is 15.3 Å². The van der Waals surface area contributed by atoms with Gasteiger partial charge in [0.25, 0.3) is 0 Å². The zero-order valence-corrected chi connectivity index (χ0v) is 15.4. The van der Waals surface area contributed by atoms with Crippen LogP contribution in [0.2, 0.25) is 0 Å². The minimum atomic E-state index is -3.66. The number of nitrogens with two attached hydrogens (primary N) is 1. The molecule has 2 aromatic rings. The Balaban J connectivity index is 1.75. The van der Waals surface area contributed by atoms with Crippen molar-refractivity contribution in [1.82, 2.24) is 4.98 Å². The van der Waals surface area contributed by atoms with Crippen LogP contribution in [0.25, 0.3) is 0 Å². The molecule has 2 heterocycles. The molecule has 0 bridgehead atoms. The Labute approximate surface area is 146 Å². The summed E-state index contributed by atoms with van der Waals surface area (Å²) < 4.78 is 28.5. The topological polar surface area (TPSA) is 85.5 Å². The lowest BCUT2D eigenvalue weighted by Crippen LogP contribution is -2.20. The number of aromatic nitrogens is 1. The van der Waals surface area contributed by atoms with E-state index in [-0.39, 0.29) is 11.0 Å². The van der Waals surface area contributed by atoms with Gasteiger partial charge in [0.1, 0.15) is 11.1 Å². The zero-order valence-electron chi connectivity index (χ0n) is 13.7. The van der Waals surface area contributed by atoms with Gasteiger partial charge in [0.2, 0.25) is 10.0 Å². The van der Waals surface area contributed by atoms with E-state index in [4.69, 9.17) is 9.88 Å². The lowest BCUT2D eigenvalue weighted by atomic mass is 10.2. The van der Waals surface area contributed by atoms with E-state index < -0.39 is 10.0 Å². The van der Waals surface area contributed by atoms with Gasteiger partial charge in [-0.3, -0.25) is 0 Å². The smallest absolute Gasteiger partial charge is 0.238 e. The minimum absolute atomic E-state index is 0.0110. The van der Waals surface area contributed by atoms with E-state index in [0.29, 0.717) is 13.2 Å². The van der Waals surface area contributed by atoms with Crippen LogP contribution in [0.3, 0.4) is 0 Å². The van der Waals surface area contributed by atoms with E-state index >= 15 is 0 Å². The maximum absolute atomic E-state index is 11.5. The summed E-state index contributed by atoms with van der Waals surface area (Å²) in [6.07, 6.45) is 0.822. The number of hydrogen-bond donors (Lipinski definition) is 1. The predicted molar refractivity (Wildman–Crippen MR) is 94.7 cm³/mol. The van der Waals surface area contributed by atoms with Gasteiger partial charge in [0.05, 0.1) is 17.1 Å². The van der Waals surface area contributed by atoms with E-state index in [0.717, 1.165) is 34.9 Å². The second kappa shape index (κ2) is 6.79. The summed E-state index contributed by atoms with van der Waals surface area (Å²) in [5.41, 5.74) is 3.07. The maximum atomic E-state index is 11.5. The van der Waals surface area contributed by atoms with Gasteiger partial charge in [0.15, 0.2) is 0 Å². The quantitative estimate of drug-likeness (QED) is 0.847. The molecule has 1 aromatic heterocycles. The van der Waals surface area contributed by atoms with E-state index in [1.165, 1.54) is 0 Å². The molecule has 24 heavy (non-hydrogen) atoms. The van der Waals surface area contributed by atoms with Gasteiger partial charge in [-0.25, -0.2) is 18.5 Å². The number of benzene rings is 1. The summed E-state index contributed by atoms with van der Waals surface area (Å²) in [6, 6.07) is 5.07. The Bertz CT molecular complexity index is 833. The zero-order chi connectivity index (χ0) is 17.3. The maximum Gasteiger partial charge on any atom is 0.238 e. The Morgan fingerprint density at radius 3 is 2.96 bits per heavy atom. The molecular weight excluding hydrogens is 346 g/mol. The average Bonchev–Trinajstić information content (AvgIpc) is 3.14. The second-order valence-electron chi connectivity index (χ2n) is 5.78. The third-order valence-electron chi connectivity index (χ3n) is 4.06. The average molecular weight is 367 g/mol. The highest BCUT2D eigenvalue weighted by Gasteiger charge is 2.22. The van der Waals surface area contributed by atoms with Crippen molar-refractivity contribution in [2.24, 2.45) is 5.14 Å². The monoisotopic (exact) mass is 367 g/mol. The molecule has 0 saturated heterocycles. The van der Waals surface area contributed by atoms with Crippen LogP contribution in [0.4, 0.5) is 5.69 Å². The number of rotatable bonds is 6. The van der Waals surface area contributed by atoms with Gasteiger partial charge < -0.3 is 9.64 Å². The van der Waals surface area contributed by atoms with E-state index in [1.54, 1.807) is 23.5 Å². The van der Waals surface area contributed by atoms with Crippen LogP contribution < -0.4 is 10.0 Å². The van der Waals surface area contributed by atoms with Crippen LogP contribution in [-0.4, -0.2) is 26.6 Å². The van der Waals surface area contributed by atoms with Gasteiger partial charge in [-0.15, -0.1) is 11.3 Å². The molecule has 130 valence electrons. The van der Waals surface area contributed by atoms with Crippen LogP contribution in [0.15, 0.2) is 28.5 Å². The molecule has 6 nitrogen and oxygen atoms in total.